The highest BCUT2D eigenvalue weighted by molar-refractivity contribution is 5.95. The van der Waals surface area contributed by atoms with E-state index in [1.165, 1.54) is 0 Å². The number of aromatic hydroxyl groups is 1. The van der Waals surface area contributed by atoms with Gasteiger partial charge in [0.1, 0.15) is 5.75 Å². The maximum atomic E-state index is 9.48. The highest BCUT2D eigenvalue weighted by Gasteiger charge is 2.09. The molecule has 0 saturated carbocycles. The summed E-state index contributed by atoms with van der Waals surface area (Å²) in [4.78, 5) is 3.20. The number of benzene rings is 1. The molecule has 0 radical (unpaired) electrons. The zero-order valence-electron chi connectivity index (χ0n) is 10.7. The smallest absolute Gasteiger partial charge is 0.117 e. The van der Waals surface area contributed by atoms with Gasteiger partial charge in [0.05, 0.1) is 5.52 Å². The summed E-state index contributed by atoms with van der Waals surface area (Å²) in [6.07, 6.45) is 3.56. The van der Waals surface area contributed by atoms with Crippen molar-refractivity contribution < 1.29 is 5.11 Å². The molecule has 0 aliphatic rings. The topological polar surface area (TPSA) is 36.0 Å². The summed E-state index contributed by atoms with van der Waals surface area (Å²) in [5.74, 6) is 0.271. The lowest BCUT2D eigenvalue weighted by atomic mass is 10.1. The van der Waals surface area contributed by atoms with Crippen LogP contribution < -0.4 is 0 Å². The number of phenols is 1. The van der Waals surface area contributed by atoms with E-state index in [2.05, 4.69) is 18.1 Å². The van der Waals surface area contributed by atoms with E-state index in [1.807, 2.05) is 20.8 Å². The Labute approximate surface area is 102 Å². The minimum absolute atomic E-state index is 0.271. The molecule has 90 valence electrons. The number of rotatable bonds is 2. The van der Waals surface area contributed by atoms with Crippen molar-refractivity contribution in [3.05, 3.63) is 42.1 Å². The first-order valence-electron chi connectivity index (χ1n) is 5.77. The van der Waals surface area contributed by atoms with Crippen LogP contribution in [-0.4, -0.2) is 10.1 Å². The summed E-state index contributed by atoms with van der Waals surface area (Å²) in [7, 11) is 0. The van der Waals surface area contributed by atoms with Gasteiger partial charge >= 0.3 is 0 Å². The number of hydrogen-bond donors (Lipinski definition) is 2. The lowest BCUT2D eigenvalue weighted by molar-refractivity contribution is 0.475. The summed E-state index contributed by atoms with van der Waals surface area (Å²) >= 11 is 0. The molecule has 0 aliphatic carbocycles. The normalized spacial score (nSPS) is 9.59. The monoisotopic (exact) mass is 229 g/mol. The second-order valence-corrected chi connectivity index (χ2v) is 3.55. The molecule has 2 nitrogen and oxygen atoms in total. The molecule has 0 bridgehead atoms. The maximum absolute atomic E-state index is 9.48. The molecule has 1 aromatic carbocycles. The van der Waals surface area contributed by atoms with Crippen molar-refractivity contribution in [1.29, 1.82) is 0 Å². The SMILES string of the molecule is C=Cc1[nH]c2cc(O)cc(C)c2c1C=C.CC. The minimum atomic E-state index is 0.271. The fourth-order valence-electron chi connectivity index (χ4n) is 1.94. The lowest BCUT2D eigenvalue weighted by Gasteiger charge is -1.99. The van der Waals surface area contributed by atoms with E-state index in [1.54, 1.807) is 24.3 Å². The summed E-state index contributed by atoms with van der Waals surface area (Å²) in [6.45, 7) is 13.5. The number of fused-ring (bicyclic) bond motifs is 1. The standard InChI is InChI=1S/C13H13NO.C2H6/c1-4-10-11(5-2)14-12-7-9(15)6-8(3)13(10)12;1-2/h4-7,14-15H,1-2H2,3H3;1-2H3. The van der Waals surface area contributed by atoms with E-state index < -0.39 is 0 Å². The van der Waals surface area contributed by atoms with Crippen LogP contribution in [0.25, 0.3) is 23.1 Å². The first kappa shape index (κ1) is 13.1. The van der Waals surface area contributed by atoms with Crippen molar-refractivity contribution in [3.63, 3.8) is 0 Å². The molecule has 2 heteroatoms. The molecular formula is C15H19NO. The zero-order chi connectivity index (χ0) is 13.0. The minimum Gasteiger partial charge on any atom is -0.508 e. The highest BCUT2D eigenvalue weighted by Crippen LogP contribution is 2.30. The third kappa shape index (κ3) is 2.26. The van der Waals surface area contributed by atoms with Gasteiger partial charge in [-0.15, -0.1) is 0 Å². The Hall–Kier alpha value is -1.96. The van der Waals surface area contributed by atoms with Gasteiger partial charge in [-0.3, -0.25) is 0 Å². The van der Waals surface area contributed by atoms with Crippen LogP contribution in [0.5, 0.6) is 5.75 Å². The summed E-state index contributed by atoms with van der Waals surface area (Å²) < 4.78 is 0. The fourth-order valence-corrected chi connectivity index (χ4v) is 1.94. The molecule has 0 fully saturated rings. The molecule has 2 aromatic rings. The molecule has 0 amide bonds. The van der Waals surface area contributed by atoms with Gasteiger partial charge in [-0.25, -0.2) is 0 Å². The van der Waals surface area contributed by atoms with Gasteiger partial charge in [0.25, 0.3) is 0 Å². The molecule has 1 aromatic heterocycles. The molecule has 0 aliphatic heterocycles. The Bertz CT molecular complexity index is 550. The van der Waals surface area contributed by atoms with Gasteiger partial charge in [0.2, 0.25) is 0 Å². The number of H-pyrrole nitrogens is 1. The van der Waals surface area contributed by atoms with Crippen molar-refractivity contribution in [2.45, 2.75) is 20.8 Å². The second-order valence-electron chi connectivity index (χ2n) is 3.55. The molecule has 2 rings (SSSR count). The quantitative estimate of drug-likeness (QED) is 0.781. The molecular weight excluding hydrogens is 210 g/mol. The van der Waals surface area contributed by atoms with Crippen LogP contribution >= 0.6 is 0 Å². The average Bonchev–Trinajstić information content (AvgIpc) is 2.69. The molecule has 0 unspecified atom stereocenters. The van der Waals surface area contributed by atoms with Crippen molar-refractivity contribution in [1.82, 2.24) is 4.98 Å². The van der Waals surface area contributed by atoms with Gasteiger partial charge < -0.3 is 10.1 Å². The van der Waals surface area contributed by atoms with Gasteiger partial charge in [-0.1, -0.05) is 33.1 Å². The number of hydrogen-bond acceptors (Lipinski definition) is 1. The molecule has 0 saturated heterocycles. The third-order valence-electron chi connectivity index (χ3n) is 2.56. The van der Waals surface area contributed by atoms with Crippen molar-refractivity contribution in [2.75, 3.05) is 0 Å². The molecule has 2 N–H and O–H groups in total. The molecule has 17 heavy (non-hydrogen) atoms. The predicted octanol–water partition coefficient (Wildman–Crippen LogP) is 4.49. The van der Waals surface area contributed by atoms with E-state index in [9.17, 15) is 5.11 Å². The van der Waals surface area contributed by atoms with Gasteiger partial charge in [-0.2, -0.15) is 0 Å². The van der Waals surface area contributed by atoms with Crippen molar-refractivity contribution in [3.8, 4) is 5.75 Å². The van der Waals surface area contributed by atoms with Gasteiger partial charge in [0, 0.05) is 22.7 Å². The van der Waals surface area contributed by atoms with Gasteiger partial charge in [0.15, 0.2) is 0 Å². The van der Waals surface area contributed by atoms with E-state index >= 15 is 0 Å². The van der Waals surface area contributed by atoms with Crippen LogP contribution in [-0.2, 0) is 0 Å². The zero-order valence-corrected chi connectivity index (χ0v) is 10.7. The fraction of sp³-hybridized carbons (Fsp3) is 0.200. The van der Waals surface area contributed by atoms with Crippen LogP contribution in [0.4, 0.5) is 0 Å². The summed E-state index contributed by atoms with van der Waals surface area (Å²) in [5.41, 5.74) is 3.92. The van der Waals surface area contributed by atoms with Crippen LogP contribution in [0.15, 0.2) is 25.3 Å². The highest BCUT2D eigenvalue weighted by atomic mass is 16.3. The number of aryl methyl sites for hydroxylation is 1. The Morgan fingerprint density at radius 2 is 1.82 bits per heavy atom. The average molecular weight is 229 g/mol. The predicted molar refractivity (Wildman–Crippen MR) is 76.2 cm³/mol. The lowest BCUT2D eigenvalue weighted by Crippen LogP contribution is -1.77. The van der Waals surface area contributed by atoms with Crippen LogP contribution in [0.2, 0.25) is 0 Å². The number of nitrogens with one attached hydrogen (secondary N) is 1. The van der Waals surface area contributed by atoms with Crippen molar-refractivity contribution >= 4 is 23.1 Å². The second kappa shape index (κ2) is 5.39. The van der Waals surface area contributed by atoms with E-state index in [0.717, 1.165) is 27.7 Å². The number of aromatic nitrogens is 1. The van der Waals surface area contributed by atoms with E-state index in [-0.39, 0.29) is 5.75 Å². The van der Waals surface area contributed by atoms with E-state index in [4.69, 9.17) is 0 Å². The van der Waals surface area contributed by atoms with Gasteiger partial charge in [-0.05, 0) is 24.6 Å². The molecule has 0 atom stereocenters. The molecule has 0 spiro atoms. The van der Waals surface area contributed by atoms with Crippen LogP contribution in [0.1, 0.15) is 30.7 Å². The molecule has 1 heterocycles. The van der Waals surface area contributed by atoms with Crippen LogP contribution in [0.3, 0.4) is 0 Å². The Kier molecular flexibility index (Phi) is 4.16. The number of phenolic OH excluding ortho intramolecular Hbond substituents is 1. The Balaban J connectivity index is 0.000000686. The summed E-state index contributed by atoms with van der Waals surface area (Å²) in [6, 6.07) is 3.46. The third-order valence-corrected chi connectivity index (χ3v) is 2.56. The van der Waals surface area contributed by atoms with Crippen LogP contribution in [0, 0.1) is 6.92 Å². The van der Waals surface area contributed by atoms with E-state index in [0.29, 0.717) is 0 Å². The first-order chi connectivity index (χ1) is 8.17. The Morgan fingerprint density at radius 1 is 1.18 bits per heavy atom. The first-order valence-corrected chi connectivity index (χ1v) is 5.77. The summed E-state index contributed by atoms with van der Waals surface area (Å²) in [5, 5.41) is 10.6. The number of aromatic amines is 1. The largest absolute Gasteiger partial charge is 0.508 e. The maximum Gasteiger partial charge on any atom is 0.117 e. The van der Waals surface area contributed by atoms with Crippen molar-refractivity contribution in [2.24, 2.45) is 0 Å². The Morgan fingerprint density at radius 3 is 2.35 bits per heavy atom.